The Kier molecular flexibility index (Phi) is 6.39. The van der Waals surface area contributed by atoms with Crippen LogP contribution in [0.25, 0.3) is 0 Å². The summed E-state index contributed by atoms with van der Waals surface area (Å²) in [7, 11) is -2.16. The Morgan fingerprint density at radius 3 is 2.38 bits per heavy atom. The lowest BCUT2D eigenvalue weighted by atomic mass is 10.1. The van der Waals surface area contributed by atoms with Crippen molar-refractivity contribution in [2.45, 2.75) is 38.1 Å². The van der Waals surface area contributed by atoms with Crippen molar-refractivity contribution in [2.75, 3.05) is 12.4 Å². The Hall–Kier alpha value is -2.38. The molecule has 1 unspecified atom stereocenters. The van der Waals surface area contributed by atoms with Gasteiger partial charge in [-0.1, -0.05) is 24.6 Å². The van der Waals surface area contributed by atoms with Crippen molar-refractivity contribution in [1.82, 2.24) is 4.72 Å². The van der Waals surface area contributed by atoms with Crippen molar-refractivity contribution < 1.29 is 17.9 Å². The minimum Gasteiger partial charge on any atom is -0.496 e. The van der Waals surface area contributed by atoms with Crippen LogP contribution in [-0.4, -0.2) is 21.4 Å². The number of hydrogen-bond acceptors (Lipinski definition) is 4. The van der Waals surface area contributed by atoms with Crippen LogP contribution in [0.5, 0.6) is 5.75 Å². The van der Waals surface area contributed by atoms with Crippen LogP contribution in [0.1, 0.15) is 37.4 Å². The summed E-state index contributed by atoms with van der Waals surface area (Å²) >= 11 is 0. The van der Waals surface area contributed by atoms with Gasteiger partial charge in [-0.15, -0.1) is 0 Å². The fourth-order valence-electron chi connectivity index (χ4n) is 2.52. The van der Waals surface area contributed by atoms with Gasteiger partial charge in [0.2, 0.25) is 15.9 Å². The Balaban J connectivity index is 2.20. The molecule has 0 spiro atoms. The molecule has 2 rings (SSSR count). The Morgan fingerprint density at radius 1 is 1.15 bits per heavy atom. The summed E-state index contributed by atoms with van der Waals surface area (Å²) in [6, 6.07) is 11.2. The molecule has 0 aliphatic rings. The average Bonchev–Trinajstić information content (AvgIpc) is 2.61. The fourth-order valence-corrected chi connectivity index (χ4v) is 3.75. The van der Waals surface area contributed by atoms with Crippen LogP contribution in [0, 0.1) is 6.92 Å². The highest BCUT2D eigenvalue weighted by Crippen LogP contribution is 2.27. The molecule has 7 heteroatoms. The number of carbonyl (C=O) groups excluding carboxylic acids is 1. The molecule has 0 saturated carbocycles. The minimum absolute atomic E-state index is 0.126. The van der Waals surface area contributed by atoms with Gasteiger partial charge >= 0.3 is 0 Å². The molecule has 0 bridgehead atoms. The molecule has 2 N–H and O–H groups in total. The predicted octanol–water partition coefficient (Wildman–Crippen LogP) is 3.39. The normalized spacial score (nSPS) is 12.5. The number of sulfonamides is 1. The lowest BCUT2D eigenvalue weighted by molar-refractivity contribution is -0.115. The van der Waals surface area contributed by atoms with Gasteiger partial charge in [0.25, 0.3) is 0 Å². The molecule has 2 aromatic rings. The first-order chi connectivity index (χ1) is 12.3. The van der Waals surface area contributed by atoms with Crippen molar-refractivity contribution in [3.05, 3.63) is 53.6 Å². The minimum atomic E-state index is -3.71. The molecule has 26 heavy (non-hydrogen) atoms. The largest absolute Gasteiger partial charge is 0.496 e. The van der Waals surface area contributed by atoms with Crippen molar-refractivity contribution in [2.24, 2.45) is 0 Å². The zero-order valence-corrected chi connectivity index (χ0v) is 16.2. The second-order valence-electron chi connectivity index (χ2n) is 6.01. The Labute approximate surface area is 154 Å². The molecule has 6 nitrogen and oxygen atoms in total. The number of carbonyl (C=O) groups is 1. The van der Waals surface area contributed by atoms with Crippen molar-refractivity contribution in [1.29, 1.82) is 0 Å². The Bertz CT molecular complexity index is 877. The van der Waals surface area contributed by atoms with Crippen LogP contribution in [0.3, 0.4) is 0 Å². The first kappa shape index (κ1) is 19.9. The first-order valence-corrected chi connectivity index (χ1v) is 9.82. The van der Waals surface area contributed by atoms with Crippen LogP contribution in [0.4, 0.5) is 5.69 Å². The molecule has 0 radical (unpaired) electrons. The highest BCUT2D eigenvalue weighted by molar-refractivity contribution is 7.89. The van der Waals surface area contributed by atoms with E-state index in [1.54, 1.807) is 33.1 Å². The number of hydrogen-bond donors (Lipinski definition) is 2. The second-order valence-corrected chi connectivity index (χ2v) is 7.73. The molecular weight excluding hydrogens is 352 g/mol. The summed E-state index contributed by atoms with van der Waals surface area (Å²) in [4.78, 5) is 11.5. The highest BCUT2D eigenvalue weighted by atomic mass is 32.2. The number of amides is 1. The molecule has 0 aliphatic heterocycles. The molecule has 0 saturated heterocycles. The SMILES string of the molecule is CCC(=O)Nc1ccc(S(=O)(=O)NC(C)c2cc(C)ccc2OC)cc1. The van der Waals surface area contributed by atoms with Crippen LogP contribution >= 0.6 is 0 Å². The lowest BCUT2D eigenvalue weighted by Gasteiger charge is -2.18. The van der Waals surface area contributed by atoms with E-state index in [1.807, 2.05) is 25.1 Å². The topological polar surface area (TPSA) is 84.5 Å². The van der Waals surface area contributed by atoms with E-state index in [2.05, 4.69) is 10.0 Å². The van der Waals surface area contributed by atoms with Gasteiger partial charge in [0.15, 0.2) is 0 Å². The number of ether oxygens (including phenoxy) is 1. The third-order valence-corrected chi connectivity index (χ3v) is 5.51. The molecule has 1 amide bonds. The van der Waals surface area contributed by atoms with Gasteiger partial charge < -0.3 is 10.1 Å². The zero-order chi connectivity index (χ0) is 19.3. The number of nitrogens with one attached hydrogen (secondary N) is 2. The van der Waals surface area contributed by atoms with Gasteiger partial charge in [-0.25, -0.2) is 13.1 Å². The van der Waals surface area contributed by atoms with E-state index < -0.39 is 16.1 Å². The van der Waals surface area contributed by atoms with Crippen molar-refractivity contribution in [3.8, 4) is 5.75 Å². The number of methoxy groups -OCH3 is 1. The Morgan fingerprint density at radius 2 is 1.81 bits per heavy atom. The number of rotatable bonds is 7. The molecule has 0 aliphatic carbocycles. The van der Waals surface area contributed by atoms with E-state index >= 15 is 0 Å². The van der Waals surface area contributed by atoms with Crippen LogP contribution < -0.4 is 14.8 Å². The summed E-state index contributed by atoms with van der Waals surface area (Å²) in [5, 5.41) is 2.69. The maximum absolute atomic E-state index is 12.7. The van der Waals surface area contributed by atoms with Gasteiger partial charge in [0.05, 0.1) is 12.0 Å². The van der Waals surface area contributed by atoms with Gasteiger partial charge in [0, 0.05) is 23.7 Å². The summed E-state index contributed by atoms with van der Waals surface area (Å²) in [6.07, 6.45) is 0.359. The van der Waals surface area contributed by atoms with Crippen LogP contribution in [0.2, 0.25) is 0 Å². The molecular formula is C19H24N2O4S. The maximum atomic E-state index is 12.7. The number of aryl methyl sites for hydroxylation is 1. The van der Waals surface area contributed by atoms with E-state index in [9.17, 15) is 13.2 Å². The number of benzene rings is 2. The molecule has 0 fully saturated rings. The average molecular weight is 376 g/mol. The smallest absolute Gasteiger partial charge is 0.241 e. The predicted molar refractivity (Wildman–Crippen MR) is 102 cm³/mol. The first-order valence-electron chi connectivity index (χ1n) is 8.33. The number of anilines is 1. The van der Waals surface area contributed by atoms with E-state index in [0.717, 1.165) is 11.1 Å². The molecule has 0 heterocycles. The summed E-state index contributed by atoms with van der Waals surface area (Å²) in [6.45, 7) is 5.46. The fraction of sp³-hybridized carbons (Fsp3) is 0.316. The summed E-state index contributed by atoms with van der Waals surface area (Å²) < 4.78 is 33.3. The lowest BCUT2D eigenvalue weighted by Crippen LogP contribution is -2.27. The molecule has 2 aromatic carbocycles. The second kappa shape index (κ2) is 8.33. The van der Waals surface area contributed by atoms with Gasteiger partial charge in [-0.05, 0) is 44.2 Å². The molecule has 0 aromatic heterocycles. The maximum Gasteiger partial charge on any atom is 0.241 e. The molecule has 1 atom stereocenters. The van der Waals surface area contributed by atoms with Gasteiger partial charge in [-0.2, -0.15) is 0 Å². The van der Waals surface area contributed by atoms with Gasteiger partial charge in [0.1, 0.15) is 5.75 Å². The highest BCUT2D eigenvalue weighted by Gasteiger charge is 2.20. The van der Waals surface area contributed by atoms with Crippen molar-refractivity contribution in [3.63, 3.8) is 0 Å². The summed E-state index contributed by atoms with van der Waals surface area (Å²) in [5.74, 6) is 0.502. The van der Waals surface area contributed by atoms with Crippen LogP contribution in [-0.2, 0) is 14.8 Å². The monoisotopic (exact) mass is 376 g/mol. The zero-order valence-electron chi connectivity index (χ0n) is 15.4. The van der Waals surface area contributed by atoms with Crippen molar-refractivity contribution >= 4 is 21.6 Å². The van der Waals surface area contributed by atoms with E-state index in [1.165, 1.54) is 12.1 Å². The van der Waals surface area contributed by atoms with Crippen LogP contribution in [0.15, 0.2) is 47.4 Å². The standard InChI is InChI=1S/C19H24N2O4S/c1-5-19(22)20-15-7-9-16(10-8-15)26(23,24)21-14(3)17-12-13(2)6-11-18(17)25-4/h6-12,14,21H,5H2,1-4H3,(H,20,22). The van der Waals surface area contributed by atoms with E-state index in [-0.39, 0.29) is 10.8 Å². The third-order valence-electron chi connectivity index (χ3n) is 3.95. The third kappa shape index (κ3) is 4.83. The van der Waals surface area contributed by atoms with E-state index in [4.69, 9.17) is 4.74 Å². The van der Waals surface area contributed by atoms with E-state index in [0.29, 0.717) is 17.9 Å². The molecule has 140 valence electrons. The quantitative estimate of drug-likeness (QED) is 0.776. The van der Waals surface area contributed by atoms with Gasteiger partial charge in [-0.3, -0.25) is 4.79 Å². The summed E-state index contributed by atoms with van der Waals surface area (Å²) in [5.41, 5.74) is 2.34.